The highest BCUT2D eigenvalue weighted by Gasteiger charge is 2.20. The third kappa shape index (κ3) is 3.81. The summed E-state index contributed by atoms with van der Waals surface area (Å²) in [7, 11) is 0. The van der Waals surface area contributed by atoms with Crippen LogP contribution in [-0.2, 0) is 22.6 Å². The Bertz CT molecular complexity index is 481. The van der Waals surface area contributed by atoms with Gasteiger partial charge in [-0.25, -0.2) is 4.98 Å². The average molecular weight is 264 g/mol. The molecule has 2 N–H and O–H groups in total. The summed E-state index contributed by atoms with van der Waals surface area (Å²) < 4.78 is 2.11. The third-order valence-corrected chi connectivity index (χ3v) is 3.20. The Morgan fingerprint density at radius 2 is 2.32 bits per heavy atom. The van der Waals surface area contributed by atoms with Crippen LogP contribution >= 0.6 is 0 Å². The van der Waals surface area contributed by atoms with Crippen molar-refractivity contribution < 1.29 is 9.59 Å². The monoisotopic (exact) mass is 264 g/mol. The summed E-state index contributed by atoms with van der Waals surface area (Å²) in [5, 5.41) is 5.62. The largest absolute Gasteiger partial charge is 0.356 e. The first-order chi connectivity index (χ1) is 9.04. The molecule has 0 radical (unpaired) electrons. The lowest BCUT2D eigenvalue weighted by Crippen LogP contribution is -2.41. The summed E-state index contributed by atoms with van der Waals surface area (Å²) in [5.41, 5.74) is 1.02. The van der Waals surface area contributed by atoms with E-state index in [1.165, 1.54) is 6.92 Å². The fourth-order valence-electron chi connectivity index (χ4n) is 2.36. The highest BCUT2D eigenvalue weighted by atomic mass is 16.2. The second-order valence-electron chi connectivity index (χ2n) is 4.99. The molecule has 1 aromatic rings. The molecule has 0 aliphatic carbocycles. The van der Waals surface area contributed by atoms with Crippen molar-refractivity contribution in [3.63, 3.8) is 0 Å². The average Bonchev–Trinajstić information content (AvgIpc) is 2.67. The Morgan fingerprint density at radius 3 is 3.05 bits per heavy atom. The first-order valence-corrected chi connectivity index (χ1v) is 6.61. The number of aromatic nitrogens is 2. The van der Waals surface area contributed by atoms with Crippen molar-refractivity contribution in [1.29, 1.82) is 0 Å². The van der Waals surface area contributed by atoms with Crippen molar-refractivity contribution in [2.75, 3.05) is 6.54 Å². The van der Waals surface area contributed by atoms with Gasteiger partial charge in [0.25, 0.3) is 0 Å². The summed E-state index contributed by atoms with van der Waals surface area (Å²) in [5.74, 6) is 0.976. The zero-order valence-corrected chi connectivity index (χ0v) is 11.4. The van der Waals surface area contributed by atoms with Crippen LogP contribution in [0, 0.1) is 6.92 Å². The molecule has 19 heavy (non-hydrogen) atoms. The van der Waals surface area contributed by atoms with Gasteiger partial charge in [0.05, 0.1) is 5.69 Å². The van der Waals surface area contributed by atoms with Crippen molar-refractivity contribution in [3.05, 3.63) is 17.7 Å². The smallest absolute Gasteiger partial charge is 0.222 e. The van der Waals surface area contributed by atoms with E-state index in [2.05, 4.69) is 20.2 Å². The number of imidazole rings is 1. The van der Waals surface area contributed by atoms with Gasteiger partial charge in [0, 0.05) is 45.1 Å². The van der Waals surface area contributed by atoms with E-state index < -0.39 is 0 Å². The van der Waals surface area contributed by atoms with Gasteiger partial charge in [-0.1, -0.05) is 0 Å². The Morgan fingerprint density at radius 1 is 1.53 bits per heavy atom. The van der Waals surface area contributed by atoms with Crippen LogP contribution in [0.5, 0.6) is 0 Å². The molecule has 1 aliphatic rings. The molecule has 6 heteroatoms. The quantitative estimate of drug-likeness (QED) is 0.812. The normalized spacial score (nSPS) is 17.7. The standard InChI is InChI=1S/C13H20N4O2/c1-9-7-17-8-11(3-4-12(17)15-9)16-13(19)5-6-14-10(2)18/h7,11H,3-6,8H2,1-2H3,(H,14,18)(H,16,19). The molecule has 2 heterocycles. The maximum absolute atomic E-state index is 11.7. The number of nitrogens with zero attached hydrogens (tertiary/aromatic N) is 2. The molecule has 1 aromatic heterocycles. The van der Waals surface area contributed by atoms with E-state index in [-0.39, 0.29) is 17.9 Å². The molecule has 1 atom stereocenters. The molecule has 0 aromatic carbocycles. The number of aryl methyl sites for hydroxylation is 2. The van der Waals surface area contributed by atoms with Crippen molar-refractivity contribution in [1.82, 2.24) is 20.2 Å². The molecule has 0 spiro atoms. The molecule has 0 saturated heterocycles. The van der Waals surface area contributed by atoms with E-state index in [1.807, 2.05) is 13.1 Å². The summed E-state index contributed by atoms with van der Waals surface area (Å²) in [6, 6.07) is 0.158. The molecule has 1 unspecified atom stereocenters. The second kappa shape index (κ2) is 5.86. The maximum atomic E-state index is 11.7. The SMILES string of the molecule is CC(=O)NCCC(=O)NC1CCc2nc(C)cn2C1. The van der Waals surface area contributed by atoms with Gasteiger partial charge in [-0.2, -0.15) is 0 Å². The Kier molecular flexibility index (Phi) is 4.19. The summed E-state index contributed by atoms with van der Waals surface area (Å²) >= 11 is 0. The van der Waals surface area contributed by atoms with Crippen LogP contribution in [0.15, 0.2) is 6.20 Å². The Balaban J connectivity index is 1.78. The van der Waals surface area contributed by atoms with E-state index in [0.717, 1.165) is 30.9 Å². The van der Waals surface area contributed by atoms with E-state index in [1.54, 1.807) is 0 Å². The van der Waals surface area contributed by atoms with E-state index >= 15 is 0 Å². The maximum Gasteiger partial charge on any atom is 0.222 e. The van der Waals surface area contributed by atoms with Gasteiger partial charge in [0.1, 0.15) is 5.82 Å². The van der Waals surface area contributed by atoms with Crippen LogP contribution < -0.4 is 10.6 Å². The molecule has 0 bridgehead atoms. The highest BCUT2D eigenvalue weighted by Crippen LogP contribution is 2.14. The number of nitrogens with one attached hydrogen (secondary N) is 2. The minimum atomic E-state index is -0.107. The van der Waals surface area contributed by atoms with E-state index in [0.29, 0.717) is 13.0 Å². The van der Waals surface area contributed by atoms with Gasteiger partial charge < -0.3 is 15.2 Å². The van der Waals surface area contributed by atoms with Crippen molar-refractivity contribution in [2.45, 2.75) is 45.7 Å². The van der Waals surface area contributed by atoms with Crippen molar-refractivity contribution in [2.24, 2.45) is 0 Å². The number of carbonyl (C=O) groups is 2. The number of hydrogen-bond donors (Lipinski definition) is 2. The molecule has 2 amide bonds. The van der Waals surface area contributed by atoms with E-state index in [9.17, 15) is 9.59 Å². The van der Waals surface area contributed by atoms with Crippen LogP contribution in [0.4, 0.5) is 0 Å². The summed E-state index contributed by atoms with van der Waals surface area (Å²) in [6.45, 7) is 4.60. The van der Waals surface area contributed by atoms with Gasteiger partial charge in [0.2, 0.25) is 11.8 Å². The van der Waals surface area contributed by atoms with Crippen molar-refractivity contribution in [3.8, 4) is 0 Å². The molecule has 1 aliphatic heterocycles. The minimum Gasteiger partial charge on any atom is -0.356 e. The fraction of sp³-hybridized carbons (Fsp3) is 0.615. The lowest BCUT2D eigenvalue weighted by molar-refractivity contribution is -0.122. The van der Waals surface area contributed by atoms with E-state index in [4.69, 9.17) is 0 Å². The fourth-order valence-corrected chi connectivity index (χ4v) is 2.36. The van der Waals surface area contributed by atoms with Gasteiger partial charge in [-0.3, -0.25) is 9.59 Å². The molecule has 2 rings (SSSR count). The number of rotatable bonds is 4. The number of carbonyl (C=O) groups excluding carboxylic acids is 2. The number of hydrogen-bond acceptors (Lipinski definition) is 3. The molecule has 0 fully saturated rings. The van der Waals surface area contributed by atoms with Gasteiger partial charge in [-0.05, 0) is 13.3 Å². The zero-order valence-electron chi connectivity index (χ0n) is 11.4. The third-order valence-electron chi connectivity index (χ3n) is 3.20. The predicted molar refractivity (Wildman–Crippen MR) is 70.5 cm³/mol. The van der Waals surface area contributed by atoms with Crippen LogP contribution in [0.1, 0.15) is 31.3 Å². The summed E-state index contributed by atoms with van der Waals surface area (Å²) in [4.78, 5) is 26.9. The van der Waals surface area contributed by atoms with Gasteiger partial charge in [-0.15, -0.1) is 0 Å². The predicted octanol–water partition coefficient (Wildman–Crippen LogP) is 0.149. The Labute approximate surface area is 112 Å². The highest BCUT2D eigenvalue weighted by molar-refractivity contribution is 5.78. The summed E-state index contributed by atoms with van der Waals surface area (Å²) in [6.07, 6.45) is 4.16. The topological polar surface area (TPSA) is 76.0 Å². The van der Waals surface area contributed by atoms with Crippen LogP contribution in [0.2, 0.25) is 0 Å². The lowest BCUT2D eigenvalue weighted by atomic mass is 10.1. The zero-order chi connectivity index (χ0) is 13.8. The van der Waals surface area contributed by atoms with Crippen LogP contribution in [0.3, 0.4) is 0 Å². The van der Waals surface area contributed by atoms with Crippen LogP contribution in [-0.4, -0.2) is 34.0 Å². The number of fused-ring (bicyclic) bond motifs is 1. The van der Waals surface area contributed by atoms with Crippen LogP contribution in [0.25, 0.3) is 0 Å². The minimum absolute atomic E-state index is 0.0148. The van der Waals surface area contributed by atoms with Gasteiger partial charge >= 0.3 is 0 Å². The number of amides is 2. The van der Waals surface area contributed by atoms with Crippen molar-refractivity contribution >= 4 is 11.8 Å². The molecule has 0 saturated carbocycles. The first kappa shape index (κ1) is 13.6. The molecular weight excluding hydrogens is 244 g/mol. The molecule has 104 valence electrons. The lowest BCUT2D eigenvalue weighted by Gasteiger charge is -2.24. The second-order valence-corrected chi connectivity index (χ2v) is 4.99. The van der Waals surface area contributed by atoms with Gasteiger partial charge in [0.15, 0.2) is 0 Å². The molecule has 6 nitrogen and oxygen atoms in total. The Hall–Kier alpha value is -1.85. The first-order valence-electron chi connectivity index (χ1n) is 6.61. The molecular formula is C13H20N4O2.